The minimum absolute atomic E-state index is 0.0652. The maximum atomic E-state index is 14.0. The number of fused-ring (bicyclic) bond motifs is 4. The van der Waals surface area contributed by atoms with Crippen molar-refractivity contribution in [3.63, 3.8) is 0 Å². The summed E-state index contributed by atoms with van der Waals surface area (Å²) in [6.07, 6.45) is 6.40. The van der Waals surface area contributed by atoms with Gasteiger partial charge in [0.15, 0.2) is 23.2 Å². The van der Waals surface area contributed by atoms with E-state index >= 15 is 0 Å². The van der Waals surface area contributed by atoms with Crippen LogP contribution in [0, 0.1) is 24.4 Å². The average Bonchev–Trinajstić information content (AvgIpc) is 3.50. The Morgan fingerprint density at radius 1 is 1.05 bits per heavy atom. The summed E-state index contributed by atoms with van der Waals surface area (Å²) in [5.41, 5.74) is 4.37. The highest BCUT2D eigenvalue weighted by Gasteiger charge is 2.42. The van der Waals surface area contributed by atoms with Crippen LogP contribution in [0.3, 0.4) is 0 Å². The largest absolute Gasteiger partial charge is 0.291 e. The van der Waals surface area contributed by atoms with Gasteiger partial charge in [0, 0.05) is 29.9 Å². The molecule has 1 aromatic carbocycles. The summed E-state index contributed by atoms with van der Waals surface area (Å²) in [7, 11) is 1.72. The number of halogens is 3. The number of carbonyl (C=O) groups is 1. The summed E-state index contributed by atoms with van der Waals surface area (Å²) in [5.74, 6) is -4.05. The van der Waals surface area contributed by atoms with Crippen molar-refractivity contribution >= 4 is 5.78 Å². The van der Waals surface area contributed by atoms with Gasteiger partial charge in [-0.2, -0.15) is 5.10 Å². The van der Waals surface area contributed by atoms with Crippen LogP contribution < -0.4 is 0 Å². The first-order chi connectivity index (χ1) is 17.8. The van der Waals surface area contributed by atoms with Crippen LogP contribution in [-0.2, 0) is 13.5 Å². The molecule has 3 aromatic heterocycles. The minimum Gasteiger partial charge on any atom is -0.291 e. The molecule has 8 nitrogen and oxygen atoms in total. The van der Waals surface area contributed by atoms with E-state index in [9.17, 15) is 18.0 Å². The second-order valence-corrected chi connectivity index (χ2v) is 9.71. The van der Waals surface area contributed by atoms with Crippen molar-refractivity contribution in [1.29, 1.82) is 0 Å². The normalized spacial score (nSPS) is 19.2. The molecule has 2 aliphatic rings. The lowest BCUT2D eigenvalue weighted by molar-refractivity contribution is 0.0559. The van der Waals surface area contributed by atoms with E-state index in [0.717, 1.165) is 48.3 Å². The molecule has 0 saturated carbocycles. The van der Waals surface area contributed by atoms with Crippen molar-refractivity contribution in [2.75, 3.05) is 6.54 Å². The predicted octanol–water partition coefficient (Wildman–Crippen LogP) is 4.12. The number of hydrogen-bond donors (Lipinski definition) is 0. The average molecular weight is 508 g/mol. The number of piperidine rings is 1. The molecule has 37 heavy (non-hydrogen) atoms. The second-order valence-electron chi connectivity index (χ2n) is 9.71. The van der Waals surface area contributed by atoms with E-state index in [2.05, 4.69) is 20.1 Å². The van der Waals surface area contributed by atoms with Crippen LogP contribution in [0.2, 0.25) is 0 Å². The van der Waals surface area contributed by atoms with Crippen molar-refractivity contribution in [1.82, 2.24) is 34.4 Å². The zero-order valence-electron chi connectivity index (χ0n) is 20.3. The summed E-state index contributed by atoms with van der Waals surface area (Å²) in [6.45, 7) is 2.02. The monoisotopic (exact) mass is 507 g/mol. The first-order valence-electron chi connectivity index (χ1n) is 12.1. The fourth-order valence-corrected chi connectivity index (χ4v) is 5.75. The Hall–Kier alpha value is -3.86. The lowest BCUT2D eigenvalue weighted by atomic mass is 9.81. The number of Topliss-reactive ketones (excluding diaryl/α,β-unsaturated/α-hetero) is 1. The summed E-state index contributed by atoms with van der Waals surface area (Å²) in [6, 6.07) is 5.58. The quantitative estimate of drug-likeness (QED) is 0.299. The summed E-state index contributed by atoms with van der Waals surface area (Å²) in [4.78, 5) is 20.1. The number of nitrogens with zero attached hydrogens (tertiary/aromatic N) is 7. The molecule has 0 amide bonds. The fraction of sp³-hybridized carbons (Fsp3) is 0.346. The van der Waals surface area contributed by atoms with Crippen LogP contribution in [0.1, 0.15) is 52.7 Å². The molecule has 2 atom stereocenters. The Morgan fingerprint density at radius 2 is 1.78 bits per heavy atom. The minimum atomic E-state index is -1.49. The second kappa shape index (κ2) is 8.91. The van der Waals surface area contributed by atoms with E-state index in [1.54, 1.807) is 35.0 Å². The topological polar surface area (TPSA) is 81.7 Å². The highest BCUT2D eigenvalue weighted by Crippen LogP contribution is 2.44. The summed E-state index contributed by atoms with van der Waals surface area (Å²) < 4.78 is 45.0. The van der Waals surface area contributed by atoms with E-state index in [0.29, 0.717) is 23.5 Å². The standard InChI is InChI=1S/C26H24F3N7O/c1-14-6-17(35-12-30-31-13-35)10-21(32-14)23(37)11-36-16-4-3-5-22(36)25-18(9-16)26(34(2)33-25)15-7-19(27)24(29)20(28)8-15/h6-8,10,12-13,16,22H,3-5,9,11H2,1-2H3/t16-,22+/m1/s1. The molecule has 190 valence electrons. The van der Waals surface area contributed by atoms with Gasteiger partial charge in [0.1, 0.15) is 18.3 Å². The van der Waals surface area contributed by atoms with Gasteiger partial charge in [0.2, 0.25) is 0 Å². The molecule has 0 spiro atoms. The number of benzene rings is 1. The zero-order valence-corrected chi connectivity index (χ0v) is 20.3. The maximum Gasteiger partial charge on any atom is 0.195 e. The van der Waals surface area contributed by atoms with Crippen LogP contribution >= 0.6 is 0 Å². The van der Waals surface area contributed by atoms with Gasteiger partial charge in [0.25, 0.3) is 0 Å². The SMILES string of the molecule is Cc1cc(-n2cnnc2)cc(C(=O)CN2[C@@H]3CCC[C@H]2c2nn(C)c(-c4cc(F)c(F)c(F)c4)c2C3)n1. The molecule has 1 saturated heterocycles. The predicted molar refractivity (Wildman–Crippen MR) is 128 cm³/mol. The molecule has 0 unspecified atom stereocenters. The molecule has 0 aliphatic carbocycles. The van der Waals surface area contributed by atoms with Gasteiger partial charge in [0.05, 0.1) is 29.7 Å². The van der Waals surface area contributed by atoms with Gasteiger partial charge in [-0.05, 0) is 56.9 Å². The third kappa shape index (κ3) is 4.03. The molecule has 6 rings (SSSR count). The molecule has 2 bridgehead atoms. The van der Waals surface area contributed by atoms with Crippen LogP contribution in [0.5, 0.6) is 0 Å². The number of aromatic nitrogens is 6. The van der Waals surface area contributed by atoms with Crippen molar-refractivity contribution in [2.45, 2.75) is 44.7 Å². The Kier molecular flexibility index (Phi) is 5.67. The van der Waals surface area contributed by atoms with Gasteiger partial charge in [-0.1, -0.05) is 0 Å². The van der Waals surface area contributed by atoms with Gasteiger partial charge < -0.3 is 0 Å². The van der Waals surface area contributed by atoms with Crippen molar-refractivity contribution in [3.8, 4) is 16.9 Å². The number of rotatable bonds is 5. The van der Waals surface area contributed by atoms with Crippen LogP contribution in [0.4, 0.5) is 13.2 Å². The molecule has 5 heterocycles. The third-order valence-electron chi connectivity index (χ3n) is 7.34. The number of ketones is 1. The smallest absolute Gasteiger partial charge is 0.195 e. The lowest BCUT2D eigenvalue weighted by Crippen LogP contribution is -2.48. The van der Waals surface area contributed by atoms with Crippen molar-refractivity contribution in [2.24, 2.45) is 7.05 Å². The van der Waals surface area contributed by atoms with E-state index in [4.69, 9.17) is 5.10 Å². The first kappa shape index (κ1) is 23.5. The summed E-state index contributed by atoms with van der Waals surface area (Å²) >= 11 is 0. The Labute approximate surface area is 210 Å². The van der Waals surface area contributed by atoms with E-state index in [1.165, 1.54) is 0 Å². The summed E-state index contributed by atoms with van der Waals surface area (Å²) in [5, 5.41) is 12.4. The molecular weight excluding hydrogens is 483 g/mol. The molecule has 0 N–H and O–H groups in total. The van der Waals surface area contributed by atoms with E-state index < -0.39 is 17.5 Å². The number of carbonyl (C=O) groups excluding carboxylic acids is 1. The fourth-order valence-electron chi connectivity index (χ4n) is 5.75. The molecule has 1 fully saturated rings. The van der Waals surface area contributed by atoms with Gasteiger partial charge in [-0.25, -0.2) is 18.2 Å². The molecule has 2 aliphatic heterocycles. The molecule has 4 aromatic rings. The van der Waals surface area contributed by atoms with Crippen LogP contribution in [-0.4, -0.2) is 52.8 Å². The third-order valence-corrected chi connectivity index (χ3v) is 7.34. The van der Waals surface area contributed by atoms with E-state index in [-0.39, 0.29) is 30.0 Å². The Bertz CT molecular complexity index is 1490. The highest BCUT2D eigenvalue weighted by atomic mass is 19.2. The van der Waals surface area contributed by atoms with Gasteiger partial charge in [-0.15, -0.1) is 10.2 Å². The highest BCUT2D eigenvalue weighted by molar-refractivity contribution is 5.96. The van der Waals surface area contributed by atoms with Crippen LogP contribution in [0.25, 0.3) is 16.9 Å². The molecular formula is C26H24F3N7O. The number of pyridine rings is 1. The zero-order chi connectivity index (χ0) is 25.8. The van der Waals surface area contributed by atoms with Crippen LogP contribution in [0.15, 0.2) is 36.9 Å². The van der Waals surface area contributed by atoms with Crippen molar-refractivity contribution < 1.29 is 18.0 Å². The first-order valence-corrected chi connectivity index (χ1v) is 12.1. The van der Waals surface area contributed by atoms with E-state index in [1.807, 2.05) is 13.0 Å². The van der Waals surface area contributed by atoms with Gasteiger partial charge >= 0.3 is 0 Å². The molecule has 0 radical (unpaired) electrons. The number of aryl methyl sites for hydroxylation is 2. The number of hydrogen-bond acceptors (Lipinski definition) is 6. The molecule has 11 heteroatoms. The van der Waals surface area contributed by atoms with Gasteiger partial charge in [-0.3, -0.25) is 18.9 Å². The Balaban J connectivity index is 1.33. The maximum absolute atomic E-state index is 14.0. The Morgan fingerprint density at radius 3 is 2.51 bits per heavy atom. The lowest BCUT2D eigenvalue weighted by Gasteiger charge is -2.45. The van der Waals surface area contributed by atoms with Crippen molar-refractivity contribution in [3.05, 3.63) is 77.0 Å².